The van der Waals surface area contributed by atoms with Crippen LogP contribution in [0.5, 0.6) is 0 Å². The monoisotopic (exact) mass is 172 g/mol. The summed E-state index contributed by atoms with van der Waals surface area (Å²) in [4.78, 5) is 11.5. The second-order valence-corrected chi connectivity index (χ2v) is 3.67. The normalized spacial score (nSPS) is 35.2. The van der Waals surface area contributed by atoms with Crippen molar-refractivity contribution in [3.8, 4) is 0 Å². The average molecular weight is 172 g/mol. The third-order valence-corrected chi connectivity index (χ3v) is 3.00. The van der Waals surface area contributed by atoms with Crippen molar-refractivity contribution in [1.29, 1.82) is 0 Å². The number of hydrogen-bond acceptors (Lipinski definition) is 3. The molecule has 0 radical (unpaired) electrons. The molecule has 3 nitrogen and oxygen atoms in total. The van der Waals surface area contributed by atoms with Crippen LogP contribution in [0.25, 0.3) is 0 Å². The molecule has 2 N–H and O–H groups in total. The van der Waals surface area contributed by atoms with Crippen LogP contribution in [0.2, 0.25) is 0 Å². The van der Waals surface area contributed by atoms with E-state index in [4.69, 9.17) is 0 Å². The molecule has 0 aromatic carbocycles. The van der Waals surface area contributed by atoms with E-state index < -0.39 is 17.6 Å². The first-order valence-electron chi connectivity index (χ1n) is 4.41. The van der Waals surface area contributed by atoms with E-state index in [1.54, 1.807) is 13.8 Å². The summed E-state index contributed by atoms with van der Waals surface area (Å²) in [7, 11) is 0. The number of aliphatic hydroxyl groups is 2. The minimum Gasteiger partial charge on any atom is -0.392 e. The molecule has 1 aliphatic carbocycles. The molecule has 3 heteroatoms. The summed E-state index contributed by atoms with van der Waals surface area (Å²) in [5.74, 6) is 0.00694. The molecule has 1 saturated carbocycles. The molecule has 0 aliphatic heterocycles. The van der Waals surface area contributed by atoms with Crippen LogP contribution < -0.4 is 0 Å². The molecule has 1 fully saturated rings. The van der Waals surface area contributed by atoms with Gasteiger partial charge in [0.1, 0.15) is 5.78 Å². The zero-order valence-corrected chi connectivity index (χ0v) is 7.58. The number of carbonyl (C=O) groups is 1. The number of aliphatic hydroxyl groups excluding tert-OH is 2. The van der Waals surface area contributed by atoms with E-state index in [1.165, 1.54) is 0 Å². The minimum atomic E-state index is -0.875. The highest BCUT2D eigenvalue weighted by Gasteiger charge is 2.49. The van der Waals surface area contributed by atoms with Gasteiger partial charge in [-0.2, -0.15) is 0 Å². The van der Waals surface area contributed by atoms with E-state index in [1.807, 2.05) is 0 Å². The summed E-state index contributed by atoms with van der Waals surface area (Å²) in [6.45, 7) is 3.16. The maximum Gasteiger partial charge on any atom is 0.144 e. The van der Waals surface area contributed by atoms with Gasteiger partial charge in [0, 0.05) is 6.42 Å². The summed E-state index contributed by atoms with van der Waals surface area (Å²) in [5.41, 5.74) is -0.875. The van der Waals surface area contributed by atoms with Gasteiger partial charge in [0.05, 0.1) is 17.6 Å². The summed E-state index contributed by atoms with van der Waals surface area (Å²) in [5, 5.41) is 18.9. The van der Waals surface area contributed by atoms with E-state index in [-0.39, 0.29) is 5.78 Å². The Labute approximate surface area is 72.4 Å². The summed E-state index contributed by atoms with van der Waals surface area (Å²) < 4.78 is 0. The first-order chi connectivity index (χ1) is 5.51. The molecule has 1 aliphatic rings. The van der Waals surface area contributed by atoms with Crippen LogP contribution in [-0.2, 0) is 4.79 Å². The Bertz CT molecular complexity index is 176. The molecule has 0 aromatic heterocycles. The molecular formula is C9H16O3. The van der Waals surface area contributed by atoms with Gasteiger partial charge in [0.15, 0.2) is 0 Å². The van der Waals surface area contributed by atoms with Crippen molar-refractivity contribution in [2.75, 3.05) is 0 Å². The molecule has 0 spiro atoms. The van der Waals surface area contributed by atoms with E-state index in [0.29, 0.717) is 12.8 Å². The standard InChI is InChI=1S/C9H16O3/c1-6(10)9(7(2)11)5-3-4-8(9)12/h6-7,10-11H,3-5H2,1-2H3. The second-order valence-electron chi connectivity index (χ2n) is 3.67. The quantitative estimate of drug-likeness (QED) is 0.637. The van der Waals surface area contributed by atoms with Gasteiger partial charge in [-0.05, 0) is 26.7 Å². The SMILES string of the molecule is CC(O)C1(C(C)O)CCCC1=O. The fraction of sp³-hybridized carbons (Fsp3) is 0.889. The number of carbonyl (C=O) groups excluding carboxylic acids is 1. The number of Topliss-reactive ketones (excluding diaryl/α,β-unsaturated/α-hetero) is 1. The van der Waals surface area contributed by atoms with Crippen molar-refractivity contribution >= 4 is 5.78 Å². The molecule has 1 rings (SSSR count). The Kier molecular flexibility index (Phi) is 2.54. The lowest BCUT2D eigenvalue weighted by Crippen LogP contribution is -2.45. The van der Waals surface area contributed by atoms with Crippen LogP contribution in [0.1, 0.15) is 33.1 Å². The summed E-state index contributed by atoms with van der Waals surface area (Å²) >= 11 is 0. The van der Waals surface area contributed by atoms with Gasteiger partial charge in [0.2, 0.25) is 0 Å². The van der Waals surface area contributed by atoms with Crippen molar-refractivity contribution in [3.05, 3.63) is 0 Å². The van der Waals surface area contributed by atoms with Crippen molar-refractivity contribution in [2.45, 2.75) is 45.3 Å². The zero-order chi connectivity index (χ0) is 9.35. The van der Waals surface area contributed by atoms with Crippen LogP contribution in [0.4, 0.5) is 0 Å². The van der Waals surface area contributed by atoms with Crippen LogP contribution in [-0.4, -0.2) is 28.2 Å². The number of ketones is 1. The van der Waals surface area contributed by atoms with Gasteiger partial charge in [-0.15, -0.1) is 0 Å². The minimum absolute atomic E-state index is 0.00694. The number of hydrogen-bond donors (Lipinski definition) is 2. The lowest BCUT2D eigenvalue weighted by Gasteiger charge is -2.33. The highest BCUT2D eigenvalue weighted by molar-refractivity contribution is 5.88. The van der Waals surface area contributed by atoms with Gasteiger partial charge in [0.25, 0.3) is 0 Å². The molecule has 0 heterocycles. The van der Waals surface area contributed by atoms with E-state index in [2.05, 4.69) is 0 Å². The first kappa shape index (κ1) is 9.68. The molecule has 0 saturated heterocycles. The molecule has 2 atom stereocenters. The average Bonchev–Trinajstić information content (AvgIpc) is 2.31. The fourth-order valence-electron chi connectivity index (χ4n) is 2.15. The van der Waals surface area contributed by atoms with Gasteiger partial charge in [-0.1, -0.05) is 0 Å². The van der Waals surface area contributed by atoms with Gasteiger partial charge in [-0.25, -0.2) is 0 Å². The van der Waals surface area contributed by atoms with E-state index >= 15 is 0 Å². The lowest BCUT2D eigenvalue weighted by atomic mass is 9.76. The highest BCUT2D eigenvalue weighted by Crippen LogP contribution is 2.40. The molecule has 70 valence electrons. The van der Waals surface area contributed by atoms with Gasteiger partial charge in [-0.3, -0.25) is 4.79 Å². The molecule has 12 heavy (non-hydrogen) atoms. The Morgan fingerprint density at radius 1 is 1.33 bits per heavy atom. The van der Waals surface area contributed by atoms with Gasteiger partial charge >= 0.3 is 0 Å². The summed E-state index contributed by atoms with van der Waals surface area (Å²) in [6.07, 6.45) is 0.408. The Morgan fingerprint density at radius 3 is 2.00 bits per heavy atom. The Balaban J connectivity index is 2.93. The largest absolute Gasteiger partial charge is 0.392 e. The first-order valence-corrected chi connectivity index (χ1v) is 4.41. The highest BCUT2D eigenvalue weighted by atomic mass is 16.3. The predicted molar refractivity (Wildman–Crippen MR) is 44.7 cm³/mol. The van der Waals surface area contributed by atoms with Gasteiger partial charge < -0.3 is 10.2 Å². The lowest BCUT2D eigenvalue weighted by molar-refractivity contribution is -0.140. The van der Waals surface area contributed by atoms with Crippen LogP contribution in [0.3, 0.4) is 0 Å². The van der Waals surface area contributed by atoms with Crippen LogP contribution in [0.15, 0.2) is 0 Å². The van der Waals surface area contributed by atoms with E-state index in [9.17, 15) is 15.0 Å². The van der Waals surface area contributed by atoms with Crippen molar-refractivity contribution < 1.29 is 15.0 Å². The third kappa shape index (κ3) is 1.17. The van der Waals surface area contributed by atoms with Crippen molar-refractivity contribution in [1.82, 2.24) is 0 Å². The second kappa shape index (κ2) is 3.15. The van der Waals surface area contributed by atoms with Crippen molar-refractivity contribution in [2.24, 2.45) is 5.41 Å². The molecular weight excluding hydrogens is 156 g/mol. The Morgan fingerprint density at radius 2 is 1.83 bits per heavy atom. The molecule has 2 unspecified atom stereocenters. The molecule has 0 amide bonds. The molecule has 0 aromatic rings. The van der Waals surface area contributed by atoms with E-state index in [0.717, 1.165) is 6.42 Å². The third-order valence-electron chi connectivity index (χ3n) is 3.00. The maximum atomic E-state index is 11.5. The molecule has 0 bridgehead atoms. The number of rotatable bonds is 2. The van der Waals surface area contributed by atoms with Crippen molar-refractivity contribution in [3.63, 3.8) is 0 Å². The Hall–Kier alpha value is -0.410. The zero-order valence-electron chi connectivity index (χ0n) is 7.58. The fourth-order valence-corrected chi connectivity index (χ4v) is 2.15. The topological polar surface area (TPSA) is 57.5 Å². The predicted octanol–water partition coefficient (Wildman–Crippen LogP) is 0.487. The smallest absolute Gasteiger partial charge is 0.144 e. The van der Waals surface area contributed by atoms with Crippen LogP contribution >= 0.6 is 0 Å². The summed E-state index contributed by atoms with van der Waals surface area (Å²) in [6, 6.07) is 0. The maximum absolute atomic E-state index is 11.5. The van der Waals surface area contributed by atoms with Crippen LogP contribution in [0, 0.1) is 5.41 Å².